The summed E-state index contributed by atoms with van der Waals surface area (Å²) >= 11 is 3.34. The lowest BCUT2D eigenvalue weighted by molar-refractivity contribution is -0.144. The number of imide groups is 1. The summed E-state index contributed by atoms with van der Waals surface area (Å²) in [7, 11) is 1.73. The third-order valence-corrected chi connectivity index (χ3v) is 7.49. The number of halogens is 1. The van der Waals surface area contributed by atoms with Crippen LogP contribution in [-0.2, 0) is 16.6 Å². The number of allylic oxidation sites excluding steroid dienone is 2. The van der Waals surface area contributed by atoms with Gasteiger partial charge in [0, 0.05) is 7.05 Å². The summed E-state index contributed by atoms with van der Waals surface area (Å²) in [6, 6.07) is 0. The maximum Gasteiger partial charge on any atom is 0.291 e. The number of hydrazine groups is 1. The zero-order valence-corrected chi connectivity index (χ0v) is 15.4. The average molecular weight is 405 g/mol. The SMILES string of the molecule is Cc1c(Br)c(C(=O)NN2C(=O)[C@@H]3[C@@H](C2=O)[C@H]2C=C[C@H]3C23CC3)nn1C. The van der Waals surface area contributed by atoms with Crippen molar-refractivity contribution in [1.82, 2.24) is 20.2 Å². The number of hydrogen-bond donors (Lipinski definition) is 1. The Morgan fingerprint density at radius 3 is 2.24 bits per heavy atom. The van der Waals surface area contributed by atoms with Crippen LogP contribution in [0.1, 0.15) is 29.0 Å². The van der Waals surface area contributed by atoms with Crippen molar-refractivity contribution < 1.29 is 14.4 Å². The van der Waals surface area contributed by atoms with Crippen LogP contribution >= 0.6 is 15.9 Å². The summed E-state index contributed by atoms with van der Waals surface area (Å²) in [4.78, 5) is 38.2. The molecule has 5 rings (SSSR count). The van der Waals surface area contributed by atoms with Crippen LogP contribution in [0.25, 0.3) is 0 Å². The molecule has 1 aromatic rings. The lowest BCUT2D eigenvalue weighted by Crippen LogP contribution is -2.48. The molecule has 1 spiro atoms. The molecule has 0 unspecified atom stereocenters. The summed E-state index contributed by atoms with van der Waals surface area (Å²) in [6.07, 6.45) is 6.40. The fraction of sp³-hybridized carbons (Fsp3) is 0.529. The van der Waals surface area contributed by atoms with Gasteiger partial charge in [0.15, 0.2) is 5.69 Å². The summed E-state index contributed by atoms with van der Waals surface area (Å²) in [5, 5.41) is 5.07. The van der Waals surface area contributed by atoms with E-state index >= 15 is 0 Å². The van der Waals surface area contributed by atoms with E-state index in [1.807, 2.05) is 6.92 Å². The van der Waals surface area contributed by atoms with Gasteiger partial charge in [-0.05, 0) is 52.9 Å². The van der Waals surface area contributed by atoms with Crippen LogP contribution in [0, 0.1) is 36.0 Å². The first kappa shape index (κ1) is 15.3. The number of fused-ring (bicyclic) bond motifs is 3. The number of amides is 3. The first-order valence-electron chi connectivity index (χ1n) is 8.43. The van der Waals surface area contributed by atoms with Crippen LogP contribution in [0.2, 0.25) is 0 Å². The predicted molar refractivity (Wildman–Crippen MR) is 89.7 cm³/mol. The number of rotatable bonds is 2. The first-order chi connectivity index (χ1) is 11.9. The second kappa shape index (κ2) is 4.60. The predicted octanol–water partition coefficient (Wildman–Crippen LogP) is 1.33. The Hall–Kier alpha value is -1.96. The van der Waals surface area contributed by atoms with E-state index in [4.69, 9.17) is 0 Å². The van der Waals surface area contributed by atoms with Crippen LogP contribution in [0.3, 0.4) is 0 Å². The molecular weight excluding hydrogens is 388 g/mol. The van der Waals surface area contributed by atoms with Gasteiger partial charge in [0.05, 0.1) is 22.0 Å². The van der Waals surface area contributed by atoms with Crippen LogP contribution in [0.4, 0.5) is 0 Å². The number of nitrogens with zero attached hydrogens (tertiary/aromatic N) is 3. The van der Waals surface area contributed by atoms with E-state index < -0.39 is 5.91 Å². The van der Waals surface area contributed by atoms with Crippen LogP contribution in [0.15, 0.2) is 16.6 Å². The third-order valence-electron chi connectivity index (χ3n) is 6.54. The number of carbonyl (C=O) groups is 3. The highest BCUT2D eigenvalue weighted by Gasteiger charge is 2.73. The van der Waals surface area contributed by atoms with Gasteiger partial charge in [0.1, 0.15) is 0 Å². The third kappa shape index (κ3) is 1.71. The van der Waals surface area contributed by atoms with Gasteiger partial charge in [-0.2, -0.15) is 10.1 Å². The van der Waals surface area contributed by atoms with Crippen molar-refractivity contribution in [2.75, 3.05) is 0 Å². The number of nitrogens with one attached hydrogen (secondary N) is 1. The van der Waals surface area contributed by atoms with Gasteiger partial charge in [-0.3, -0.25) is 24.5 Å². The molecule has 1 aromatic heterocycles. The van der Waals surface area contributed by atoms with Crippen molar-refractivity contribution in [2.45, 2.75) is 19.8 Å². The normalized spacial score (nSPS) is 33.5. The molecule has 7 nitrogen and oxygen atoms in total. The molecule has 0 radical (unpaired) electrons. The van der Waals surface area contributed by atoms with Gasteiger partial charge in [0.2, 0.25) is 0 Å². The molecule has 1 N–H and O–H groups in total. The largest absolute Gasteiger partial charge is 0.291 e. The van der Waals surface area contributed by atoms with Crippen LogP contribution < -0.4 is 5.43 Å². The number of aromatic nitrogens is 2. The minimum Gasteiger partial charge on any atom is -0.272 e. The van der Waals surface area contributed by atoms with Crippen molar-refractivity contribution in [3.05, 3.63) is 28.0 Å². The van der Waals surface area contributed by atoms with E-state index in [1.54, 1.807) is 11.7 Å². The van der Waals surface area contributed by atoms with E-state index in [0.717, 1.165) is 23.5 Å². The molecular formula is C17H17BrN4O3. The smallest absolute Gasteiger partial charge is 0.272 e. The summed E-state index contributed by atoms with van der Waals surface area (Å²) in [5.74, 6) is -1.48. The molecule has 25 heavy (non-hydrogen) atoms. The molecule has 0 aromatic carbocycles. The van der Waals surface area contributed by atoms with Crippen molar-refractivity contribution in [1.29, 1.82) is 0 Å². The van der Waals surface area contributed by atoms with Crippen molar-refractivity contribution in [2.24, 2.45) is 36.1 Å². The quantitative estimate of drug-likeness (QED) is 0.595. The molecule has 4 aliphatic rings. The van der Waals surface area contributed by atoms with E-state index in [9.17, 15) is 14.4 Å². The fourth-order valence-electron chi connectivity index (χ4n) is 5.07. The van der Waals surface area contributed by atoms with E-state index in [-0.39, 0.29) is 46.6 Å². The lowest BCUT2D eigenvalue weighted by atomic mass is 9.85. The number of aryl methyl sites for hydroxylation is 1. The topological polar surface area (TPSA) is 84.3 Å². The summed E-state index contributed by atoms with van der Waals surface area (Å²) < 4.78 is 2.13. The van der Waals surface area contributed by atoms with Crippen molar-refractivity contribution in [3.8, 4) is 0 Å². The zero-order chi connectivity index (χ0) is 17.7. The van der Waals surface area contributed by atoms with Gasteiger partial charge in [0.25, 0.3) is 17.7 Å². The second-order valence-corrected chi connectivity index (χ2v) is 8.34. The summed E-state index contributed by atoms with van der Waals surface area (Å²) in [5.41, 5.74) is 3.59. The highest BCUT2D eigenvalue weighted by atomic mass is 79.9. The molecule has 1 saturated heterocycles. The van der Waals surface area contributed by atoms with Gasteiger partial charge in [-0.25, -0.2) is 0 Å². The molecule has 3 aliphatic carbocycles. The highest BCUT2D eigenvalue weighted by Crippen LogP contribution is 2.73. The first-order valence-corrected chi connectivity index (χ1v) is 9.22. The zero-order valence-electron chi connectivity index (χ0n) is 13.8. The molecule has 3 fully saturated rings. The van der Waals surface area contributed by atoms with Crippen LogP contribution in [-0.4, -0.2) is 32.5 Å². The molecule has 130 valence electrons. The molecule has 1 aliphatic heterocycles. The van der Waals surface area contributed by atoms with Gasteiger partial charge in [-0.15, -0.1) is 0 Å². The monoisotopic (exact) mass is 404 g/mol. The molecule has 8 heteroatoms. The Bertz CT molecular complexity index is 851. The van der Waals surface area contributed by atoms with E-state index in [2.05, 4.69) is 38.6 Å². The Balaban J connectivity index is 1.42. The molecule has 2 saturated carbocycles. The summed E-state index contributed by atoms with van der Waals surface area (Å²) in [6.45, 7) is 1.82. The average Bonchev–Trinajstić information content (AvgIpc) is 3.11. The van der Waals surface area contributed by atoms with Gasteiger partial charge >= 0.3 is 0 Å². The minimum atomic E-state index is -0.557. The van der Waals surface area contributed by atoms with Crippen molar-refractivity contribution >= 4 is 33.7 Å². The second-order valence-electron chi connectivity index (χ2n) is 7.55. The maximum absolute atomic E-state index is 12.8. The number of carbonyl (C=O) groups excluding carboxylic acids is 3. The Kier molecular flexibility index (Phi) is 2.82. The van der Waals surface area contributed by atoms with Gasteiger partial charge < -0.3 is 0 Å². The van der Waals surface area contributed by atoms with Gasteiger partial charge in [-0.1, -0.05) is 12.2 Å². The standard InChI is InChI=1S/C17H17BrN4O3/c1-7-12(18)13(19-21(7)2)14(23)20-22-15(24)10-8-3-4-9(11(10)16(22)25)17(8)5-6-17/h3-4,8-11H,5-6H2,1-2H3,(H,20,23)/t8-,9-,10+,11+/m1/s1. The molecule has 3 amide bonds. The molecule has 2 heterocycles. The van der Waals surface area contributed by atoms with Crippen molar-refractivity contribution in [3.63, 3.8) is 0 Å². The molecule has 2 bridgehead atoms. The fourth-order valence-corrected chi connectivity index (χ4v) is 5.59. The minimum absolute atomic E-state index is 0.143. The Morgan fingerprint density at radius 1 is 1.24 bits per heavy atom. The van der Waals surface area contributed by atoms with Crippen LogP contribution in [0.5, 0.6) is 0 Å². The Morgan fingerprint density at radius 2 is 1.80 bits per heavy atom. The molecule has 4 atom stereocenters. The highest BCUT2D eigenvalue weighted by molar-refractivity contribution is 9.10. The van der Waals surface area contributed by atoms with E-state index in [1.165, 1.54) is 0 Å². The maximum atomic E-state index is 12.8. The Labute approximate surface area is 152 Å². The van der Waals surface area contributed by atoms with E-state index in [0.29, 0.717) is 4.47 Å². The number of hydrogen-bond acceptors (Lipinski definition) is 4. The lowest BCUT2D eigenvalue weighted by Gasteiger charge is -2.21.